The standard InChI is InChI=1S/C44H88NO8P.C26H44O/c1-6-8-10-12-14-16-18-20-22-24-26-28-30-32-34-36-43(46)50-40-42(41-52-54(48,49)51-39-38-45(3,4)5)53-44(47)37-35-33-31-29-27-25-23-21-19-17-15-13-11-9-7-2;1-17(2)6-7-18(3)22-10-11-23-21-9-8-19-16-20(27)12-14-25(19,4)24(21)13-15-26(22,23)5/h42H,6-41H2,1-5H3;8,17-18,20-24,27H,6-7,9-16H2,1-5H3/t;18-,20+,21+,22-,23+,24+,25+,26-/m.1/s1. The number of phosphoric acid groups is 1. The number of nitrogens with zero attached hydrogens (tertiary/aromatic N) is 1. The maximum atomic E-state index is 12.7. The van der Waals surface area contributed by atoms with Crippen LogP contribution in [0.25, 0.3) is 0 Å². The van der Waals surface area contributed by atoms with Crippen LogP contribution in [0.15, 0.2) is 11.6 Å². The Bertz CT molecular complexity index is 1720. The number of hydrogen-bond donors (Lipinski definition) is 1. The molecule has 0 aromatic heterocycles. The van der Waals surface area contributed by atoms with Gasteiger partial charge in [0, 0.05) is 12.8 Å². The zero-order valence-corrected chi connectivity index (χ0v) is 55.7. The van der Waals surface area contributed by atoms with E-state index in [2.05, 4.69) is 54.5 Å². The molecule has 81 heavy (non-hydrogen) atoms. The minimum Gasteiger partial charge on any atom is -0.756 e. The first-order chi connectivity index (χ1) is 38.7. The normalized spacial score (nSPS) is 25.0. The van der Waals surface area contributed by atoms with Crippen LogP contribution in [0, 0.1) is 46.3 Å². The summed E-state index contributed by atoms with van der Waals surface area (Å²) in [6.45, 7) is 16.8. The van der Waals surface area contributed by atoms with Crippen LogP contribution in [0.4, 0.5) is 0 Å². The van der Waals surface area contributed by atoms with E-state index in [4.69, 9.17) is 18.5 Å². The van der Waals surface area contributed by atoms with Crippen molar-refractivity contribution in [2.75, 3.05) is 47.5 Å². The first-order valence-electron chi connectivity index (χ1n) is 34.9. The summed E-state index contributed by atoms with van der Waals surface area (Å²) in [5.41, 5.74) is 2.60. The van der Waals surface area contributed by atoms with Gasteiger partial charge in [0.2, 0.25) is 0 Å². The summed E-state index contributed by atoms with van der Waals surface area (Å²) in [6.07, 6.45) is 52.6. The number of unbranched alkanes of at least 4 members (excludes halogenated alkanes) is 28. The number of hydrogen-bond acceptors (Lipinski definition) is 9. The number of aliphatic hydroxyl groups is 1. The van der Waals surface area contributed by atoms with Gasteiger partial charge in [0.05, 0.1) is 33.9 Å². The Morgan fingerprint density at radius 3 is 1.59 bits per heavy atom. The lowest BCUT2D eigenvalue weighted by molar-refractivity contribution is -0.870. The molecular formula is C70H132NO9P. The van der Waals surface area contributed by atoms with Gasteiger partial charge < -0.3 is 33.0 Å². The highest BCUT2D eigenvalue weighted by Gasteiger charge is 2.59. The van der Waals surface area contributed by atoms with E-state index in [1.54, 1.807) is 5.57 Å². The third-order valence-electron chi connectivity index (χ3n) is 20.2. The van der Waals surface area contributed by atoms with Crippen molar-refractivity contribution in [3.8, 4) is 0 Å². The molecule has 4 aliphatic carbocycles. The largest absolute Gasteiger partial charge is 0.756 e. The Hall–Kier alpha value is -1.29. The highest BCUT2D eigenvalue weighted by molar-refractivity contribution is 7.45. The molecule has 2 unspecified atom stereocenters. The number of fused-ring (bicyclic) bond motifs is 5. The molecule has 4 aliphatic rings. The highest BCUT2D eigenvalue weighted by Crippen LogP contribution is 2.67. The molecule has 0 spiro atoms. The first kappa shape index (κ1) is 74.0. The Morgan fingerprint density at radius 2 is 1.11 bits per heavy atom. The van der Waals surface area contributed by atoms with Crippen LogP contribution in [0.3, 0.4) is 0 Å². The fraction of sp³-hybridized carbons (Fsp3) is 0.943. The van der Waals surface area contributed by atoms with E-state index in [9.17, 15) is 24.2 Å². The van der Waals surface area contributed by atoms with Crippen LogP contribution < -0.4 is 4.89 Å². The van der Waals surface area contributed by atoms with Crippen molar-refractivity contribution in [3.63, 3.8) is 0 Å². The topological polar surface area (TPSA) is 131 Å². The average Bonchev–Trinajstić information content (AvgIpc) is 3.79. The van der Waals surface area contributed by atoms with Crippen molar-refractivity contribution in [1.82, 2.24) is 0 Å². The fourth-order valence-corrected chi connectivity index (χ4v) is 15.7. The van der Waals surface area contributed by atoms with E-state index in [1.807, 2.05) is 21.1 Å². The smallest absolute Gasteiger partial charge is 0.306 e. The van der Waals surface area contributed by atoms with Crippen LogP contribution in [-0.2, 0) is 32.7 Å². The van der Waals surface area contributed by atoms with Crippen molar-refractivity contribution in [2.24, 2.45) is 46.3 Å². The molecule has 4 rings (SSSR count). The molecule has 0 bridgehead atoms. The van der Waals surface area contributed by atoms with Crippen LogP contribution in [-0.4, -0.2) is 81.2 Å². The van der Waals surface area contributed by atoms with E-state index in [1.165, 1.54) is 205 Å². The molecule has 10 nitrogen and oxygen atoms in total. The summed E-state index contributed by atoms with van der Waals surface area (Å²) >= 11 is 0. The number of carbonyl (C=O) groups is 2. The Balaban J connectivity index is 0.000000523. The van der Waals surface area contributed by atoms with E-state index < -0.39 is 26.5 Å². The fourth-order valence-electron chi connectivity index (χ4n) is 15.0. The van der Waals surface area contributed by atoms with Gasteiger partial charge in [-0.15, -0.1) is 0 Å². The number of carbonyl (C=O) groups excluding carboxylic acids is 2. The molecule has 0 aromatic rings. The van der Waals surface area contributed by atoms with Crippen molar-refractivity contribution >= 4 is 19.8 Å². The second kappa shape index (κ2) is 41.7. The Morgan fingerprint density at radius 1 is 0.630 bits per heavy atom. The third kappa shape index (κ3) is 30.8. The third-order valence-corrected chi connectivity index (χ3v) is 21.1. The second-order valence-corrected chi connectivity index (χ2v) is 30.0. The van der Waals surface area contributed by atoms with E-state index >= 15 is 0 Å². The number of ether oxygens (including phenoxy) is 2. The Labute approximate surface area is 500 Å². The minimum atomic E-state index is -4.62. The lowest BCUT2D eigenvalue weighted by atomic mass is 9.47. The molecule has 0 heterocycles. The molecule has 0 amide bonds. The number of allylic oxidation sites excluding steroid dienone is 1. The molecule has 0 saturated heterocycles. The van der Waals surface area contributed by atoms with Gasteiger partial charge in [0.25, 0.3) is 7.82 Å². The number of esters is 2. The summed E-state index contributed by atoms with van der Waals surface area (Å²) in [5, 5.41) is 10.2. The van der Waals surface area contributed by atoms with Gasteiger partial charge in [-0.05, 0) is 111 Å². The molecule has 0 aromatic carbocycles. The lowest BCUT2D eigenvalue weighted by Crippen LogP contribution is -2.50. The lowest BCUT2D eigenvalue weighted by Gasteiger charge is -2.58. The van der Waals surface area contributed by atoms with Crippen LogP contribution in [0.1, 0.15) is 318 Å². The summed E-state index contributed by atoms with van der Waals surface area (Å²) < 4.78 is 33.9. The van der Waals surface area contributed by atoms with Crippen LogP contribution in [0.2, 0.25) is 0 Å². The monoisotopic (exact) mass is 1160 g/mol. The van der Waals surface area contributed by atoms with Crippen molar-refractivity contribution in [1.29, 1.82) is 0 Å². The zero-order valence-electron chi connectivity index (χ0n) is 54.8. The maximum Gasteiger partial charge on any atom is 0.306 e. The van der Waals surface area contributed by atoms with Gasteiger partial charge in [-0.25, -0.2) is 0 Å². The summed E-state index contributed by atoms with van der Waals surface area (Å²) in [5.74, 6) is 4.62. The van der Waals surface area contributed by atoms with Crippen molar-refractivity contribution in [2.45, 2.75) is 330 Å². The van der Waals surface area contributed by atoms with E-state index in [0.29, 0.717) is 28.3 Å². The quantitative estimate of drug-likeness (QED) is 0.0208. The average molecular weight is 1160 g/mol. The van der Waals surface area contributed by atoms with Crippen molar-refractivity contribution in [3.05, 3.63) is 11.6 Å². The number of quaternary nitrogens is 1. The maximum absolute atomic E-state index is 12.7. The van der Waals surface area contributed by atoms with E-state index in [-0.39, 0.29) is 38.1 Å². The molecule has 3 saturated carbocycles. The predicted molar refractivity (Wildman–Crippen MR) is 337 cm³/mol. The van der Waals surface area contributed by atoms with Gasteiger partial charge in [0.15, 0.2) is 6.10 Å². The first-order valence-corrected chi connectivity index (χ1v) is 36.3. The molecule has 476 valence electrons. The summed E-state index contributed by atoms with van der Waals surface area (Å²) in [7, 11) is 1.18. The predicted octanol–water partition coefficient (Wildman–Crippen LogP) is 19.2. The van der Waals surface area contributed by atoms with Gasteiger partial charge in [0.1, 0.15) is 19.8 Å². The SMILES string of the molecule is CC(C)CC[C@@H](C)[C@H]1CC[C@H]2[C@@H]3CC=C4C[C@@H](O)CC[C@]4(C)[C@H]3CC[C@]12C.CCCCCCCCCCCCCCCCCC(=O)OCC(COP(=O)([O-])OCC[N+](C)(C)C)OC(=O)CCCCCCCCCCCCCCCCC. The number of likely N-dealkylation sites (N-methyl/N-ethyl adjacent to an activating group) is 1. The van der Waals surface area contributed by atoms with E-state index in [0.717, 1.165) is 80.5 Å². The number of phosphoric ester groups is 1. The molecule has 1 N–H and O–H groups in total. The van der Waals surface area contributed by atoms with Gasteiger partial charge in [-0.3, -0.25) is 14.2 Å². The van der Waals surface area contributed by atoms with Gasteiger partial charge >= 0.3 is 11.9 Å². The second-order valence-electron chi connectivity index (χ2n) is 28.6. The number of rotatable bonds is 46. The summed E-state index contributed by atoms with van der Waals surface area (Å²) in [4.78, 5) is 37.5. The highest BCUT2D eigenvalue weighted by atomic mass is 31.2. The number of aliphatic hydroxyl groups excluding tert-OH is 1. The summed E-state index contributed by atoms with van der Waals surface area (Å²) in [6, 6.07) is 0. The van der Waals surface area contributed by atoms with Crippen LogP contribution in [0.5, 0.6) is 0 Å². The molecular weight excluding hydrogens is 1030 g/mol. The molecule has 0 radical (unpaired) electrons. The van der Waals surface area contributed by atoms with Gasteiger partial charge in [-0.2, -0.15) is 0 Å². The Kier molecular flexibility index (Phi) is 38.1. The van der Waals surface area contributed by atoms with Crippen LogP contribution >= 0.6 is 7.82 Å². The molecule has 10 atom stereocenters. The van der Waals surface area contributed by atoms with Gasteiger partial charge in [-0.1, -0.05) is 253 Å². The molecule has 0 aliphatic heterocycles. The van der Waals surface area contributed by atoms with Crippen molar-refractivity contribution < 1.29 is 47.2 Å². The zero-order chi connectivity index (χ0) is 59.4. The molecule has 3 fully saturated rings. The molecule has 11 heteroatoms. The minimum absolute atomic E-state index is 0.0256.